The van der Waals surface area contributed by atoms with E-state index < -0.39 is 0 Å². The molecule has 2 N–H and O–H groups in total. The summed E-state index contributed by atoms with van der Waals surface area (Å²) in [6, 6.07) is 18.5. The molecule has 1 unspecified atom stereocenters. The van der Waals surface area contributed by atoms with Crippen molar-refractivity contribution in [2.75, 3.05) is 5.73 Å². The summed E-state index contributed by atoms with van der Waals surface area (Å²) in [4.78, 5) is 9.00. The Morgan fingerprint density at radius 3 is 2.60 bits per heavy atom. The van der Waals surface area contributed by atoms with Gasteiger partial charge in [0.05, 0.1) is 5.69 Å². The van der Waals surface area contributed by atoms with Crippen LogP contribution in [-0.2, 0) is 12.8 Å². The second kappa shape index (κ2) is 6.37. The van der Waals surface area contributed by atoms with Crippen LogP contribution in [0.1, 0.15) is 34.7 Å². The molecule has 122 valence electrons. The lowest BCUT2D eigenvalue weighted by Gasteiger charge is -2.27. The van der Waals surface area contributed by atoms with Crippen molar-refractivity contribution in [1.29, 1.82) is 5.26 Å². The first kappa shape index (κ1) is 15.3. The summed E-state index contributed by atoms with van der Waals surface area (Å²) in [6.07, 6.45) is 4.51. The molecule has 0 saturated heterocycles. The van der Waals surface area contributed by atoms with Crippen molar-refractivity contribution in [3.05, 3.63) is 77.1 Å². The Labute approximate surface area is 147 Å². The van der Waals surface area contributed by atoms with Gasteiger partial charge in [0.15, 0.2) is 0 Å². The highest BCUT2D eigenvalue weighted by molar-refractivity contribution is 5.77. The topological polar surface area (TPSA) is 75.6 Å². The monoisotopic (exact) mass is 326 g/mol. The highest BCUT2D eigenvalue weighted by Crippen LogP contribution is 2.39. The number of nitrogen functional groups attached to an aromatic ring is 1. The lowest BCUT2D eigenvalue weighted by molar-refractivity contribution is 0.575. The maximum atomic E-state index is 9.65. The van der Waals surface area contributed by atoms with Gasteiger partial charge < -0.3 is 5.73 Å². The molecule has 0 saturated carbocycles. The first-order valence-electron chi connectivity index (χ1n) is 8.45. The summed E-state index contributed by atoms with van der Waals surface area (Å²) in [7, 11) is 0. The quantitative estimate of drug-likeness (QED) is 0.775. The molecule has 1 aliphatic carbocycles. The molecule has 0 aliphatic heterocycles. The molecule has 4 nitrogen and oxygen atoms in total. The average molecular weight is 326 g/mol. The number of aromatic nitrogens is 2. The Hall–Kier alpha value is -3.19. The zero-order valence-electron chi connectivity index (χ0n) is 13.8. The van der Waals surface area contributed by atoms with Crippen molar-refractivity contribution < 1.29 is 0 Å². The summed E-state index contributed by atoms with van der Waals surface area (Å²) in [5.41, 5.74) is 11.6. The second-order valence-corrected chi connectivity index (χ2v) is 6.35. The number of nitrogens with zero attached hydrogens (tertiary/aromatic N) is 3. The number of hydrogen-bond acceptors (Lipinski definition) is 4. The average Bonchev–Trinajstić information content (AvgIpc) is 2.68. The maximum Gasteiger partial charge on any atom is 0.142 e. The van der Waals surface area contributed by atoms with Gasteiger partial charge in [0.2, 0.25) is 0 Å². The van der Waals surface area contributed by atoms with Crippen molar-refractivity contribution in [3.63, 3.8) is 0 Å². The third-order valence-electron chi connectivity index (χ3n) is 4.90. The lowest BCUT2D eigenvalue weighted by atomic mass is 9.79. The summed E-state index contributed by atoms with van der Waals surface area (Å²) in [6.45, 7) is 0. The molecule has 2 aromatic heterocycles. The van der Waals surface area contributed by atoms with E-state index in [9.17, 15) is 5.26 Å². The molecule has 0 bridgehead atoms. The molecule has 0 spiro atoms. The van der Waals surface area contributed by atoms with Crippen LogP contribution in [0.4, 0.5) is 5.82 Å². The lowest BCUT2D eigenvalue weighted by Crippen LogP contribution is -2.17. The van der Waals surface area contributed by atoms with Gasteiger partial charge in [0, 0.05) is 17.5 Å². The van der Waals surface area contributed by atoms with Crippen molar-refractivity contribution in [1.82, 2.24) is 9.97 Å². The molecule has 0 amide bonds. The Bertz CT molecular complexity index is 943. The molecule has 1 aliphatic rings. The number of anilines is 1. The molecule has 0 fully saturated rings. The van der Waals surface area contributed by atoms with E-state index in [0.29, 0.717) is 17.3 Å². The predicted molar refractivity (Wildman–Crippen MR) is 97.8 cm³/mol. The van der Waals surface area contributed by atoms with Gasteiger partial charge in [-0.1, -0.05) is 36.4 Å². The van der Waals surface area contributed by atoms with Gasteiger partial charge in [-0.3, -0.25) is 4.98 Å². The largest absolute Gasteiger partial charge is 0.383 e. The van der Waals surface area contributed by atoms with Gasteiger partial charge >= 0.3 is 0 Å². The zero-order chi connectivity index (χ0) is 17.2. The standard InChI is InChI=1S/C21H18N4/c22-13-17-20(19-8-4-5-11-24-19)16-12-15(14-6-2-1-3-7-14)9-10-18(16)25-21(17)23/h1-8,11,15H,9-10,12H2,(H2,23,25). The third kappa shape index (κ3) is 2.74. The second-order valence-electron chi connectivity index (χ2n) is 6.35. The van der Waals surface area contributed by atoms with Gasteiger partial charge in [-0.15, -0.1) is 0 Å². The van der Waals surface area contributed by atoms with Crippen molar-refractivity contribution in [2.24, 2.45) is 0 Å². The number of benzene rings is 1. The van der Waals surface area contributed by atoms with Crippen LogP contribution < -0.4 is 5.73 Å². The number of hydrogen-bond donors (Lipinski definition) is 1. The van der Waals surface area contributed by atoms with Gasteiger partial charge in [-0.2, -0.15) is 5.26 Å². The first-order valence-corrected chi connectivity index (χ1v) is 8.45. The molecular weight excluding hydrogens is 308 g/mol. The number of pyridine rings is 2. The molecule has 1 atom stereocenters. The summed E-state index contributed by atoms with van der Waals surface area (Å²) < 4.78 is 0. The minimum Gasteiger partial charge on any atom is -0.383 e. The maximum absolute atomic E-state index is 9.65. The fraction of sp³-hybridized carbons (Fsp3) is 0.190. The van der Waals surface area contributed by atoms with Crippen LogP contribution in [0.2, 0.25) is 0 Å². The Morgan fingerprint density at radius 1 is 1.08 bits per heavy atom. The highest BCUT2D eigenvalue weighted by Gasteiger charge is 2.27. The van der Waals surface area contributed by atoms with Crippen LogP contribution in [0, 0.1) is 11.3 Å². The van der Waals surface area contributed by atoms with E-state index in [1.165, 1.54) is 5.56 Å². The molecule has 4 heteroatoms. The molecular formula is C21H18N4. The molecule has 2 heterocycles. The number of aryl methyl sites for hydroxylation is 1. The number of fused-ring (bicyclic) bond motifs is 1. The molecule has 3 aromatic rings. The summed E-state index contributed by atoms with van der Waals surface area (Å²) in [5, 5.41) is 9.65. The molecule has 1 aromatic carbocycles. The first-order chi connectivity index (χ1) is 12.3. The molecule has 4 rings (SSSR count). The van der Waals surface area contributed by atoms with Gasteiger partial charge in [-0.25, -0.2) is 4.98 Å². The third-order valence-corrected chi connectivity index (χ3v) is 4.90. The fourth-order valence-corrected chi connectivity index (χ4v) is 3.69. The van der Waals surface area contributed by atoms with Crippen molar-refractivity contribution in [3.8, 4) is 17.3 Å². The van der Waals surface area contributed by atoms with E-state index in [1.54, 1.807) is 6.20 Å². The SMILES string of the molecule is N#Cc1c(N)nc2c(c1-c1ccccn1)CC(c1ccccc1)CC2. The summed E-state index contributed by atoms with van der Waals surface area (Å²) >= 11 is 0. The van der Waals surface area contributed by atoms with Crippen LogP contribution >= 0.6 is 0 Å². The van der Waals surface area contributed by atoms with Gasteiger partial charge in [0.25, 0.3) is 0 Å². The number of nitriles is 1. The smallest absolute Gasteiger partial charge is 0.142 e. The van der Waals surface area contributed by atoms with Crippen LogP contribution in [0.5, 0.6) is 0 Å². The van der Waals surface area contributed by atoms with E-state index in [4.69, 9.17) is 5.73 Å². The van der Waals surface area contributed by atoms with E-state index in [2.05, 4.69) is 40.3 Å². The number of rotatable bonds is 2. The molecule has 25 heavy (non-hydrogen) atoms. The minimum atomic E-state index is 0.306. The molecule has 0 radical (unpaired) electrons. The van der Waals surface area contributed by atoms with E-state index in [0.717, 1.165) is 41.8 Å². The zero-order valence-corrected chi connectivity index (χ0v) is 13.8. The predicted octanol–water partition coefficient (Wildman–Crippen LogP) is 3.87. The van der Waals surface area contributed by atoms with Crippen LogP contribution in [0.3, 0.4) is 0 Å². The van der Waals surface area contributed by atoms with E-state index >= 15 is 0 Å². The van der Waals surface area contributed by atoms with Crippen molar-refractivity contribution in [2.45, 2.75) is 25.2 Å². The van der Waals surface area contributed by atoms with Gasteiger partial charge in [0.1, 0.15) is 17.5 Å². The highest BCUT2D eigenvalue weighted by atomic mass is 14.9. The summed E-state index contributed by atoms with van der Waals surface area (Å²) in [5.74, 6) is 0.730. The Morgan fingerprint density at radius 2 is 1.88 bits per heavy atom. The van der Waals surface area contributed by atoms with Crippen LogP contribution in [0.15, 0.2) is 54.7 Å². The van der Waals surface area contributed by atoms with E-state index in [-0.39, 0.29) is 0 Å². The van der Waals surface area contributed by atoms with Gasteiger partial charge in [-0.05, 0) is 48.4 Å². The Balaban J connectivity index is 1.88. The van der Waals surface area contributed by atoms with Crippen LogP contribution in [0.25, 0.3) is 11.3 Å². The van der Waals surface area contributed by atoms with Crippen molar-refractivity contribution >= 4 is 5.82 Å². The van der Waals surface area contributed by atoms with E-state index in [1.807, 2.05) is 24.3 Å². The minimum absolute atomic E-state index is 0.306. The fourth-order valence-electron chi connectivity index (χ4n) is 3.69. The Kier molecular flexibility index (Phi) is 3.91. The normalized spacial score (nSPS) is 16.0. The number of nitrogens with two attached hydrogens (primary N) is 1. The van der Waals surface area contributed by atoms with Crippen LogP contribution in [-0.4, -0.2) is 9.97 Å².